The van der Waals surface area contributed by atoms with Crippen LogP contribution in [0.5, 0.6) is 0 Å². The summed E-state index contributed by atoms with van der Waals surface area (Å²) < 4.78 is 10.9. The third-order valence-corrected chi connectivity index (χ3v) is 4.96. The highest BCUT2D eigenvalue weighted by Gasteiger charge is 2.42. The summed E-state index contributed by atoms with van der Waals surface area (Å²) in [5.74, 6) is 2.53. The van der Waals surface area contributed by atoms with Crippen molar-refractivity contribution in [1.29, 1.82) is 0 Å². The molecule has 3 heterocycles. The first-order chi connectivity index (χ1) is 8.29. The first-order valence-corrected chi connectivity index (χ1v) is 7.23. The van der Waals surface area contributed by atoms with Gasteiger partial charge in [-0.1, -0.05) is 0 Å². The first kappa shape index (κ1) is 11.4. The third kappa shape index (κ3) is 2.16. The molecule has 17 heavy (non-hydrogen) atoms. The van der Waals surface area contributed by atoms with Gasteiger partial charge in [0.15, 0.2) is 5.78 Å². The molecule has 4 heteroatoms. The van der Waals surface area contributed by atoms with E-state index in [-0.39, 0.29) is 17.3 Å². The number of rotatable bonds is 2. The molecule has 0 N–H and O–H groups in total. The fraction of sp³-hybridized carbons (Fsp3) is 0.615. The molecule has 2 aliphatic heterocycles. The molecule has 2 fully saturated rings. The van der Waals surface area contributed by atoms with Crippen molar-refractivity contribution < 1.29 is 13.9 Å². The molecular weight excluding hydrogens is 236 g/mol. The molecule has 0 saturated carbocycles. The largest absolute Gasteiger partial charge is 0.472 e. The Labute approximate surface area is 105 Å². The van der Waals surface area contributed by atoms with Crippen LogP contribution in [0.1, 0.15) is 29.6 Å². The van der Waals surface area contributed by atoms with Crippen molar-refractivity contribution in [3.8, 4) is 0 Å². The van der Waals surface area contributed by atoms with Crippen LogP contribution in [0.15, 0.2) is 23.0 Å². The molecule has 2 saturated heterocycles. The van der Waals surface area contributed by atoms with Crippen molar-refractivity contribution in [3.05, 3.63) is 24.2 Å². The summed E-state index contributed by atoms with van der Waals surface area (Å²) in [6, 6.07) is 1.76. The molecule has 0 bridgehead atoms. The van der Waals surface area contributed by atoms with Crippen molar-refractivity contribution >= 4 is 17.5 Å². The van der Waals surface area contributed by atoms with Gasteiger partial charge < -0.3 is 9.15 Å². The number of ketones is 1. The van der Waals surface area contributed by atoms with Crippen LogP contribution in [-0.2, 0) is 4.74 Å². The molecule has 92 valence electrons. The zero-order valence-corrected chi connectivity index (χ0v) is 10.5. The van der Waals surface area contributed by atoms with Gasteiger partial charge in [-0.05, 0) is 31.1 Å². The smallest absolute Gasteiger partial charge is 0.169 e. The van der Waals surface area contributed by atoms with Crippen molar-refractivity contribution in [2.24, 2.45) is 5.92 Å². The van der Waals surface area contributed by atoms with E-state index in [0.717, 1.165) is 37.4 Å². The number of furan rings is 1. The van der Waals surface area contributed by atoms with Crippen LogP contribution in [0.4, 0.5) is 0 Å². The zero-order valence-electron chi connectivity index (χ0n) is 9.69. The lowest BCUT2D eigenvalue weighted by atomic mass is 9.82. The number of ether oxygens (including phenoxy) is 1. The molecule has 0 aliphatic carbocycles. The third-order valence-electron chi connectivity index (χ3n) is 3.74. The van der Waals surface area contributed by atoms with Gasteiger partial charge in [0.25, 0.3) is 0 Å². The van der Waals surface area contributed by atoms with Gasteiger partial charge in [-0.15, -0.1) is 0 Å². The Morgan fingerprint density at radius 2 is 2.47 bits per heavy atom. The molecule has 2 atom stereocenters. The van der Waals surface area contributed by atoms with Crippen molar-refractivity contribution in [1.82, 2.24) is 0 Å². The molecule has 2 unspecified atom stereocenters. The van der Waals surface area contributed by atoms with Crippen LogP contribution in [0.2, 0.25) is 0 Å². The summed E-state index contributed by atoms with van der Waals surface area (Å²) in [5.41, 5.74) is 0.685. The summed E-state index contributed by atoms with van der Waals surface area (Å²) in [4.78, 5) is 12.3. The van der Waals surface area contributed by atoms with Gasteiger partial charge in [-0.2, -0.15) is 11.8 Å². The molecule has 0 radical (unpaired) electrons. The number of thioether (sulfide) groups is 1. The number of hydrogen-bond donors (Lipinski definition) is 0. The topological polar surface area (TPSA) is 39.4 Å². The molecule has 3 rings (SSSR count). The number of hydrogen-bond acceptors (Lipinski definition) is 4. The maximum Gasteiger partial charge on any atom is 0.169 e. The minimum atomic E-state index is -0.0209. The molecule has 2 aliphatic rings. The minimum absolute atomic E-state index is 0.0209. The predicted octanol–water partition coefficient (Wildman–Crippen LogP) is 2.76. The molecule has 0 aromatic carbocycles. The van der Waals surface area contributed by atoms with E-state index in [1.165, 1.54) is 0 Å². The second-order valence-corrected chi connectivity index (χ2v) is 6.01. The van der Waals surface area contributed by atoms with Gasteiger partial charge in [0.2, 0.25) is 0 Å². The Morgan fingerprint density at radius 1 is 1.53 bits per heavy atom. The Morgan fingerprint density at radius 3 is 3.18 bits per heavy atom. The first-order valence-electron chi connectivity index (χ1n) is 6.07. The molecular formula is C13H16O3S. The molecule has 1 aromatic rings. The Kier molecular flexibility index (Phi) is 3.01. The van der Waals surface area contributed by atoms with E-state index >= 15 is 0 Å². The minimum Gasteiger partial charge on any atom is -0.472 e. The summed E-state index contributed by atoms with van der Waals surface area (Å²) in [6.07, 6.45) is 5.93. The van der Waals surface area contributed by atoms with E-state index in [1.807, 2.05) is 11.8 Å². The highest BCUT2D eigenvalue weighted by molar-refractivity contribution is 7.99. The quantitative estimate of drug-likeness (QED) is 0.759. The molecule has 1 aromatic heterocycles. The van der Waals surface area contributed by atoms with E-state index in [0.29, 0.717) is 5.56 Å². The van der Waals surface area contributed by atoms with Gasteiger partial charge in [-0.3, -0.25) is 4.79 Å². The summed E-state index contributed by atoms with van der Waals surface area (Å²) in [6.45, 7) is 0.717. The number of carbonyl (C=O) groups excluding carboxylic acids is 1. The van der Waals surface area contributed by atoms with Gasteiger partial charge in [0.1, 0.15) is 6.26 Å². The second kappa shape index (κ2) is 4.50. The number of Topliss-reactive ketones (excluding diaryl/α,β-unsaturated/α-hetero) is 1. The maximum absolute atomic E-state index is 12.3. The SMILES string of the molecule is O=C(c1ccoc1)C1CCOC2(CCSC2)C1. The van der Waals surface area contributed by atoms with Crippen molar-refractivity contribution in [2.75, 3.05) is 18.1 Å². The van der Waals surface area contributed by atoms with E-state index in [4.69, 9.17) is 9.15 Å². The normalized spacial score (nSPS) is 33.1. The standard InChI is InChI=1S/C13H16O3S/c14-12(11-1-4-15-8-11)10-2-5-16-13(7-10)3-6-17-9-13/h1,4,8,10H,2-3,5-7,9H2. The van der Waals surface area contributed by atoms with Gasteiger partial charge in [0, 0.05) is 18.3 Å². The highest BCUT2D eigenvalue weighted by Crippen LogP contribution is 2.41. The van der Waals surface area contributed by atoms with Crippen LogP contribution < -0.4 is 0 Å². The lowest BCUT2D eigenvalue weighted by molar-refractivity contribution is -0.0734. The van der Waals surface area contributed by atoms with Crippen molar-refractivity contribution in [3.63, 3.8) is 0 Å². The van der Waals surface area contributed by atoms with E-state index in [2.05, 4.69) is 0 Å². The maximum atomic E-state index is 12.3. The summed E-state index contributed by atoms with van der Waals surface area (Å²) in [7, 11) is 0. The second-order valence-electron chi connectivity index (χ2n) is 4.90. The summed E-state index contributed by atoms with van der Waals surface area (Å²) >= 11 is 1.94. The fourth-order valence-electron chi connectivity index (χ4n) is 2.76. The monoisotopic (exact) mass is 252 g/mol. The lowest BCUT2D eigenvalue weighted by Crippen LogP contribution is -2.42. The lowest BCUT2D eigenvalue weighted by Gasteiger charge is -2.37. The van der Waals surface area contributed by atoms with Gasteiger partial charge in [0.05, 0.1) is 17.4 Å². The van der Waals surface area contributed by atoms with Gasteiger partial charge >= 0.3 is 0 Å². The zero-order chi connectivity index (χ0) is 11.7. The predicted molar refractivity (Wildman–Crippen MR) is 66.4 cm³/mol. The van der Waals surface area contributed by atoms with E-state index in [1.54, 1.807) is 18.6 Å². The Balaban J connectivity index is 1.73. The Hall–Kier alpha value is -0.740. The fourth-order valence-corrected chi connectivity index (χ4v) is 4.13. The van der Waals surface area contributed by atoms with E-state index < -0.39 is 0 Å². The van der Waals surface area contributed by atoms with E-state index in [9.17, 15) is 4.79 Å². The van der Waals surface area contributed by atoms with Crippen LogP contribution in [0.3, 0.4) is 0 Å². The summed E-state index contributed by atoms with van der Waals surface area (Å²) in [5, 5.41) is 0. The molecule has 3 nitrogen and oxygen atoms in total. The number of carbonyl (C=O) groups is 1. The van der Waals surface area contributed by atoms with Crippen LogP contribution in [-0.4, -0.2) is 29.5 Å². The highest BCUT2D eigenvalue weighted by atomic mass is 32.2. The average Bonchev–Trinajstić information content (AvgIpc) is 3.00. The van der Waals surface area contributed by atoms with Crippen LogP contribution >= 0.6 is 11.8 Å². The van der Waals surface area contributed by atoms with Crippen LogP contribution in [0, 0.1) is 5.92 Å². The van der Waals surface area contributed by atoms with Gasteiger partial charge in [-0.25, -0.2) is 0 Å². The average molecular weight is 252 g/mol. The molecule has 1 spiro atoms. The van der Waals surface area contributed by atoms with Crippen molar-refractivity contribution in [2.45, 2.75) is 24.9 Å². The van der Waals surface area contributed by atoms with Crippen LogP contribution in [0.25, 0.3) is 0 Å². The molecule has 0 amide bonds. The Bertz CT molecular complexity index is 393.